The Balaban J connectivity index is 1.58. The molecule has 106 valence electrons. The van der Waals surface area contributed by atoms with Gasteiger partial charge in [0.05, 0.1) is 24.5 Å². The van der Waals surface area contributed by atoms with Gasteiger partial charge in [-0.3, -0.25) is 4.68 Å². The first-order valence-corrected chi connectivity index (χ1v) is 7.83. The summed E-state index contributed by atoms with van der Waals surface area (Å²) in [6, 6.07) is 0.492. The molecule has 1 aliphatic heterocycles. The molecule has 1 N–H and O–H groups in total. The van der Waals surface area contributed by atoms with E-state index in [1.165, 1.54) is 51.4 Å². The average molecular weight is 263 g/mol. The number of hydrogen-bond acceptors (Lipinski definition) is 3. The van der Waals surface area contributed by atoms with Crippen LogP contribution >= 0.6 is 0 Å². The van der Waals surface area contributed by atoms with Crippen LogP contribution in [-0.4, -0.2) is 29.0 Å². The summed E-state index contributed by atoms with van der Waals surface area (Å²) in [5.74, 6) is 0.955. The van der Waals surface area contributed by atoms with Gasteiger partial charge in [0.25, 0.3) is 0 Å². The fourth-order valence-corrected chi connectivity index (χ4v) is 3.18. The predicted molar refractivity (Wildman–Crippen MR) is 75.5 cm³/mol. The van der Waals surface area contributed by atoms with Crippen molar-refractivity contribution in [1.29, 1.82) is 0 Å². The van der Waals surface area contributed by atoms with Crippen molar-refractivity contribution in [3.05, 3.63) is 12.4 Å². The molecule has 4 nitrogen and oxygen atoms in total. The van der Waals surface area contributed by atoms with Gasteiger partial charge < -0.3 is 10.1 Å². The second-order valence-corrected chi connectivity index (χ2v) is 5.89. The van der Waals surface area contributed by atoms with Gasteiger partial charge in [0.15, 0.2) is 5.75 Å². The van der Waals surface area contributed by atoms with Crippen LogP contribution in [-0.2, 0) is 0 Å². The van der Waals surface area contributed by atoms with E-state index >= 15 is 0 Å². The van der Waals surface area contributed by atoms with Crippen LogP contribution in [0.25, 0.3) is 0 Å². The van der Waals surface area contributed by atoms with E-state index in [0.717, 1.165) is 18.8 Å². The lowest BCUT2D eigenvalue weighted by Gasteiger charge is -2.22. The average Bonchev–Trinajstić information content (AvgIpc) is 2.74. The molecule has 1 saturated heterocycles. The number of ether oxygens (including phenoxy) is 1. The first kappa shape index (κ1) is 13.0. The van der Waals surface area contributed by atoms with E-state index in [-0.39, 0.29) is 0 Å². The Morgan fingerprint density at radius 2 is 1.95 bits per heavy atom. The van der Waals surface area contributed by atoms with Crippen LogP contribution in [0.4, 0.5) is 0 Å². The summed E-state index contributed by atoms with van der Waals surface area (Å²) < 4.78 is 8.15. The maximum atomic E-state index is 6.05. The maximum Gasteiger partial charge on any atom is 0.157 e. The van der Waals surface area contributed by atoms with E-state index in [1.54, 1.807) is 0 Å². The highest BCUT2D eigenvalue weighted by Gasteiger charge is 2.18. The van der Waals surface area contributed by atoms with Crippen molar-refractivity contribution < 1.29 is 4.74 Å². The van der Waals surface area contributed by atoms with Gasteiger partial charge in [-0.15, -0.1) is 0 Å². The van der Waals surface area contributed by atoms with Crippen LogP contribution < -0.4 is 10.1 Å². The molecule has 1 aromatic heterocycles. The highest BCUT2D eigenvalue weighted by Crippen LogP contribution is 2.24. The van der Waals surface area contributed by atoms with Crippen LogP contribution in [0.5, 0.6) is 5.75 Å². The summed E-state index contributed by atoms with van der Waals surface area (Å²) in [5, 5.41) is 7.98. The summed E-state index contributed by atoms with van der Waals surface area (Å²) >= 11 is 0. The van der Waals surface area contributed by atoms with E-state index in [2.05, 4.69) is 21.3 Å². The third kappa shape index (κ3) is 3.50. The molecule has 19 heavy (non-hydrogen) atoms. The summed E-state index contributed by atoms with van der Waals surface area (Å²) in [6.45, 7) is 2.17. The molecule has 0 bridgehead atoms. The number of aromatic nitrogens is 2. The third-order valence-electron chi connectivity index (χ3n) is 4.33. The minimum absolute atomic E-state index is 0.415. The fourth-order valence-electron chi connectivity index (χ4n) is 3.18. The largest absolute Gasteiger partial charge is 0.487 e. The number of hydrogen-bond donors (Lipinski definition) is 1. The van der Waals surface area contributed by atoms with Crippen molar-refractivity contribution in [3.63, 3.8) is 0 Å². The molecule has 1 aromatic rings. The van der Waals surface area contributed by atoms with Crippen molar-refractivity contribution in [2.45, 2.75) is 63.5 Å². The SMILES string of the molecule is c1nn(C2CCCCNC2)cc1OC1CCCCC1. The fraction of sp³-hybridized carbons (Fsp3) is 0.800. The minimum atomic E-state index is 0.415. The number of nitrogens with zero attached hydrogens (tertiary/aromatic N) is 2. The van der Waals surface area contributed by atoms with Gasteiger partial charge in [0.2, 0.25) is 0 Å². The first-order chi connectivity index (χ1) is 9.42. The molecule has 0 amide bonds. The Morgan fingerprint density at radius 1 is 1.11 bits per heavy atom. The second kappa shape index (κ2) is 6.42. The minimum Gasteiger partial charge on any atom is -0.487 e. The van der Waals surface area contributed by atoms with Crippen molar-refractivity contribution >= 4 is 0 Å². The molecule has 1 unspecified atom stereocenters. The molecule has 1 saturated carbocycles. The van der Waals surface area contributed by atoms with Crippen LogP contribution in [0.2, 0.25) is 0 Å². The molecule has 3 rings (SSSR count). The van der Waals surface area contributed by atoms with Gasteiger partial charge in [-0.25, -0.2) is 0 Å². The Hall–Kier alpha value is -1.03. The third-order valence-corrected chi connectivity index (χ3v) is 4.33. The molecule has 0 spiro atoms. The van der Waals surface area contributed by atoms with Crippen molar-refractivity contribution in [2.24, 2.45) is 0 Å². The van der Waals surface area contributed by atoms with Crippen LogP contribution in [0.15, 0.2) is 12.4 Å². The molecule has 4 heteroatoms. The highest BCUT2D eigenvalue weighted by atomic mass is 16.5. The van der Waals surface area contributed by atoms with Gasteiger partial charge >= 0.3 is 0 Å². The molecule has 1 atom stereocenters. The lowest BCUT2D eigenvalue weighted by atomic mass is 9.98. The summed E-state index contributed by atoms with van der Waals surface area (Å²) in [7, 11) is 0. The maximum absolute atomic E-state index is 6.05. The highest BCUT2D eigenvalue weighted by molar-refractivity contribution is 5.13. The predicted octanol–water partition coefficient (Wildman–Crippen LogP) is 2.91. The zero-order chi connectivity index (χ0) is 12.9. The number of rotatable bonds is 3. The lowest BCUT2D eigenvalue weighted by Crippen LogP contribution is -2.23. The molecular weight excluding hydrogens is 238 g/mol. The number of nitrogens with one attached hydrogen (secondary N) is 1. The molecule has 2 aliphatic rings. The zero-order valence-electron chi connectivity index (χ0n) is 11.7. The standard InChI is InChI=1S/C15H25N3O/c1-2-7-14(8-3-1)19-15-11-17-18(12-15)13-6-4-5-9-16-10-13/h11-14,16H,1-10H2. The van der Waals surface area contributed by atoms with Gasteiger partial charge in [-0.2, -0.15) is 5.10 Å². The van der Waals surface area contributed by atoms with E-state index in [4.69, 9.17) is 4.74 Å². The Bertz CT molecular complexity index is 376. The first-order valence-electron chi connectivity index (χ1n) is 7.83. The molecule has 0 aromatic carbocycles. The zero-order valence-corrected chi connectivity index (χ0v) is 11.7. The van der Waals surface area contributed by atoms with Crippen molar-refractivity contribution in [3.8, 4) is 5.75 Å². The quantitative estimate of drug-likeness (QED) is 0.911. The smallest absolute Gasteiger partial charge is 0.157 e. The van der Waals surface area contributed by atoms with Gasteiger partial charge in [0.1, 0.15) is 0 Å². The Kier molecular flexibility index (Phi) is 4.38. The molecule has 1 aliphatic carbocycles. The summed E-state index contributed by atoms with van der Waals surface area (Å²) in [4.78, 5) is 0. The summed E-state index contributed by atoms with van der Waals surface area (Å²) in [5.41, 5.74) is 0. The van der Waals surface area contributed by atoms with E-state index in [1.807, 2.05) is 6.20 Å². The van der Waals surface area contributed by atoms with Crippen LogP contribution in [0.3, 0.4) is 0 Å². The van der Waals surface area contributed by atoms with Crippen molar-refractivity contribution in [1.82, 2.24) is 15.1 Å². The molecule has 2 heterocycles. The van der Waals surface area contributed by atoms with Crippen LogP contribution in [0.1, 0.15) is 57.4 Å². The normalized spacial score (nSPS) is 26.0. The topological polar surface area (TPSA) is 39.1 Å². The van der Waals surface area contributed by atoms with Crippen LogP contribution in [0, 0.1) is 0 Å². The van der Waals surface area contributed by atoms with Gasteiger partial charge in [-0.1, -0.05) is 12.8 Å². The molecule has 0 radical (unpaired) electrons. The lowest BCUT2D eigenvalue weighted by molar-refractivity contribution is 0.154. The molecule has 2 fully saturated rings. The van der Waals surface area contributed by atoms with Gasteiger partial charge in [-0.05, 0) is 45.1 Å². The Morgan fingerprint density at radius 3 is 2.84 bits per heavy atom. The monoisotopic (exact) mass is 263 g/mol. The summed E-state index contributed by atoms with van der Waals surface area (Å²) in [6.07, 6.45) is 14.6. The van der Waals surface area contributed by atoms with E-state index in [9.17, 15) is 0 Å². The second-order valence-electron chi connectivity index (χ2n) is 5.89. The van der Waals surface area contributed by atoms with Crippen molar-refractivity contribution in [2.75, 3.05) is 13.1 Å². The molecular formula is C15H25N3O. The van der Waals surface area contributed by atoms with E-state index < -0.39 is 0 Å². The van der Waals surface area contributed by atoms with Gasteiger partial charge in [0, 0.05) is 6.54 Å². The Labute approximate surface area is 115 Å². The van der Waals surface area contributed by atoms with E-state index in [0.29, 0.717) is 12.1 Å².